The van der Waals surface area contributed by atoms with Crippen LogP contribution in [0.25, 0.3) is 0 Å². The maximum atomic E-state index is 10.1. The molecule has 0 bridgehead atoms. The monoisotopic (exact) mass is 255 g/mol. The van der Waals surface area contributed by atoms with Crippen molar-refractivity contribution in [1.29, 1.82) is 0 Å². The number of hydrogen-bond acceptors (Lipinski definition) is 4. The summed E-state index contributed by atoms with van der Waals surface area (Å²) in [5, 5.41) is 10.1. The van der Waals surface area contributed by atoms with E-state index in [-0.39, 0.29) is 6.10 Å². The Morgan fingerprint density at radius 1 is 1.33 bits per heavy atom. The van der Waals surface area contributed by atoms with E-state index < -0.39 is 0 Å². The number of likely N-dealkylation sites (N-methyl/N-ethyl adjacent to an activating group) is 2. The van der Waals surface area contributed by atoms with Crippen LogP contribution in [0, 0.1) is 0 Å². The molecule has 1 rings (SSSR count). The number of rotatable bonds is 8. The molecule has 1 fully saturated rings. The minimum Gasteiger partial charge on any atom is -0.390 e. The number of hydrogen-bond donors (Lipinski definition) is 1. The molecule has 4 nitrogen and oxygen atoms in total. The van der Waals surface area contributed by atoms with Crippen LogP contribution in [-0.4, -0.2) is 85.8 Å². The van der Waals surface area contributed by atoms with E-state index in [0.717, 1.165) is 58.7 Å². The van der Waals surface area contributed by atoms with Gasteiger partial charge in [0.15, 0.2) is 0 Å². The Bertz CT molecular complexity index is 227. The Balaban J connectivity index is 2.12. The highest BCUT2D eigenvalue weighted by Crippen LogP contribution is 2.02. The van der Waals surface area contributed by atoms with E-state index in [1.165, 1.54) is 0 Å². The zero-order valence-electron chi connectivity index (χ0n) is 12.0. The summed E-state index contributed by atoms with van der Waals surface area (Å²) in [5.74, 6) is 0. The van der Waals surface area contributed by atoms with Gasteiger partial charge >= 0.3 is 0 Å². The molecule has 0 saturated carbocycles. The quantitative estimate of drug-likeness (QED) is 0.505. The molecule has 106 valence electrons. The summed E-state index contributed by atoms with van der Waals surface area (Å²) in [6, 6.07) is 0. The van der Waals surface area contributed by atoms with Gasteiger partial charge in [-0.15, -0.1) is 6.58 Å². The molecule has 1 heterocycles. The van der Waals surface area contributed by atoms with Gasteiger partial charge in [-0.05, 0) is 33.5 Å². The largest absolute Gasteiger partial charge is 0.390 e. The van der Waals surface area contributed by atoms with Crippen molar-refractivity contribution >= 4 is 0 Å². The molecule has 1 aliphatic heterocycles. The lowest BCUT2D eigenvalue weighted by molar-refractivity contribution is 0.0606. The Kier molecular flexibility index (Phi) is 7.51. The van der Waals surface area contributed by atoms with Crippen molar-refractivity contribution in [3.8, 4) is 0 Å². The Morgan fingerprint density at radius 3 is 2.61 bits per heavy atom. The fourth-order valence-electron chi connectivity index (χ4n) is 2.34. The van der Waals surface area contributed by atoms with Gasteiger partial charge in [0.25, 0.3) is 0 Å². The van der Waals surface area contributed by atoms with Gasteiger partial charge in [0.2, 0.25) is 0 Å². The predicted molar refractivity (Wildman–Crippen MR) is 76.9 cm³/mol. The van der Waals surface area contributed by atoms with Gasteiger partial charge in [-0.25, -0.2) is 0 Å². The molecule has 0 aromatic rings. The summed E-state index contributed by atoms with van der Waals surface area (Å²) in [4.78, 5) is 6.91. The standard InChI is InChI=1S/C14H29N3O/c1-4-5-6-7-16(3)12-14(18)13-17-10-8-15(2)9-11-17/h4,14,18H,1,5-13H2,2-3H3. The number of nitrogens with zero attached hydrogens (tertiary/aromatic N) is 3. The van der Waals surface area contributed by atoms with Crippen LogP contribution in [0.2, 0.25) is 0 Å². The molecule has 1 unspecified atom stereocenters. The van der Waals surface area contributed by atoms with Crippen LogP contribution in [0.5, 0.6) is 0 Å². The molecule has 1 saturated heterocycles. The number of β-amino-alcohol motifs (C(OH)–C–C–N with tert-alkyl or cyclic N) is 1. The first-order chi connectivity index (χ1) is 8.61. The predicted octanol–water partition coefficient (Wildman–Crippen LogP) is 0.493. The van der Waals surface area contributed by atoms with Gasteiger partial charge < -0.3 is 14.9 Å². The normalized spacial score (nSPS) is 20.2. The van der Waals surface area contributed by atoms with E-state index in [1.54, 1.807) is 0 Å². The summed E-state index contributed by atoms with van der Waals surface area (Å²) in [7, 11) is 4.23. The molecule has 4 heteroatoms. The zero-order chi connectivity index (χ0) is 13.4. The van der Waals surface area contributed by atoms with E-state index in [1.807, 2.05) is 6.08 Å². The average Bonchev–Trinajstić information content (AvgIpc) is 2.32. The minimum absolute atomic E-state index is 0.234. The summed E-state index contributed by atoms with van der Waals surface area (Å²) >= 11 is 0. The minimum atomic E-state index is -0.234. The molecule has 0 spiro atoms. The molecule has 0 aliphatic carbocycles. The van der Waals surface area contributed by atoms with E-state index in [9.17, 15) is 5.11 Å². The molecule has 1 N–H and O–H groups in total. The molecule has 1 aliphatic rings. The number of allylic oxidation sites excluding steroid dienone is 1. The van der Waals surface area contributed by atoms with Gasteiger partial charge in [0, 0.05) is 39.3 Å². The summed E-state index contributed by atoms with van der Waals surface area (Å²) in [6.07, 6.45) is 3.90. The summed E-state index contributed by atoms with van der Waals surface area (Å²) in [5.41, 5.74) is 0. The van der Waals surface area contributed by atoms with E-state index in [4.69, 9.17) is 0 Å². The first kappa shape index (κ1) is 15.6. The van der Waals surface area contributed by atoms with Crippen molar-refractivity contribution in [2.24, 2.45) is 0 Å². The average molecular weight is 255 g/mol. The second kappa shape index (κ2) is 8.64. The number of unbranched alkanes of at least 4 members (excludes halogenated alkanes) is 1. The highest BCUT2D eigenvalue weighted by Gasteiger charge is 2.17. The first-order valence-electron chi connectivity index (χ1n) is 7.00. The molecule has 0 aromatic heterocycles. The van der Waals surface area contributed by atoms with Gasteiger partial charge in [-0.1, -0.05) is 6.08 Å². The van der Waals surface area contributed by atoms with Crippen molar-refractivity contribution in [3.05, 3.63) is 12.7 Å². The highest BCUT2D eigenvalue weighted by atomic mass is 16.3. The number of aliphatic hydroxyl groups is 1. The van der Waals surface area contributed by atoms with Crippen molar-refractivity contribution in [3.63, 3.8) is 0 Å². The lowest BCUT2D eigenvalue weighted by Crippen LogP contribution is -2.48. The second-order valence-electron chi connectivity index (χ2n) is 5.45. The number of piperazine rings is 1. The van der Waals surface area contributed by atoms with Gasteiger partial charge in [-0.2, -0.15) is 0 Å². The molecular formula is C14H29N3O. The third kappa shape index (κ3) is 6.50. The van der Waals surface area contributed by atoms with Crippen molar-refractivity contribution in [1.82, 2.24) is 14.7 Å². The highest BCUT2D eigenvalue weighted by molar-refractivity contribution is 4.74. The first-order valence-corrected chi connectivity index (χ1v) is 7.00. The van der Waals surface area contributed by atoms with Gasteiger partial charge in [-0.3, -0.25) is 4.90 Å². The Hall–Kier alpha value is -0.420. The fourth-order valence-corrected chi connectivity index (χ4v) is 2.34. The third-order valence-electron chi connectivity index (χ3n) is 3.54. The second-order valence-corrected chi connectivity index (χ2v) is 5.45. The van der Waals surface area contributed by atoms with E-state index in [0.29, 0.717) is 0 Å². The van der Waals surface area contributed by atoms with Crippen LogP contribution in [0.4, 0.5) is 0 Å². The fraction of sp³-hybridized carbons (Fsp3) is 0.857. The van der Waals surface area contributed by atoms with Crippen LogP contribution < -0.4 is 0 Å². The Morgan fingerprint density at radius 2 is 2.00 bits per heavy atom. The summed E-state index contributed by atoms with van der Waals surface area (Å²) in [6.45, 7) is 10.7. The van der Waals surface area contributed by atoms with Gasteiger partial charge in [0.1, 0.15) is 0 Å². The lowest BCUT2D eigenvalue weighted by Gasteiger charge is -2.34. The smallest absolute Gasteiger partial charge is 0.0793 e. The molecule has 18 heavy (non-hydrogen) atoms. The van der Waals surface area contributed by atoms with Crippen molar-refractivity contribution < 1.29 is 5.11 Å². The lowest BCUT2D eigenvalue weighted by atomic mass is 10.2. The topological polar surface area (TPSA) is 30.0 Å². The summed E-state index contributed by atoms with van der Waals surface area (Å²) < 4.78 is 0. The van der Waals surface area contributed by atoms with E-state index in [2.05, 4.69) is 35.4 Å². The SMILES string of the molecule is C=CCCCN(C)CC(O)CN1CCN(C)CC1. The van der Waals surface area contributed by atoms with Crippen LogP contribution in [-0.2, 0) is 0 Å². The Labute approximate surface area is 112 Å². The molecule has 0 aromatic carbocycles. The maximum absolute atomic E-state index is 10.1. The number of aliphatic hydroxyl groups excluding tert-OH is 1. The van der Waals surface area contributed by atoms with Crippen LogP contribution in [0.15, 0.2) is 12.7 Å². The van der Waals surface area contributed by atoms with Gasteiger partial charge in [0.05, 0.1) is 6.10 Å². The zero-order valence-corrected chi connectivity index (χ0v) is 12.0. The third-order valence-corrected chi connectivity index (χ3v) is 3.54. The van der Waals surface area contributed by atoms with Crippen LogP contribution in [0.1, 0.15) is 12.8 Å². The van der Waals surface area contributed by atoms with E-state index >= 15 is 0 Å². The maximum Gasteiger partial charge on any atom is 0.0793 e. The molecule has 1 atom stereocenters. The van der Waals surface area contributed by atoms with Crippen molar-refractivity contribution in [2.75, 3.05) is 59.9 Å². The molecule has 0 radical (unpaired) electrons. The van der Waals surface area contributed by atoms with Crippen LogP contribution in [0.3, 0.4) is 0 Å². The molecular weight excluding hydrogens is 226 g/mol. The van der Waals surface area contributed by atoms with Crippen molar-refractivity contribution in [2.45, 2.75) is 18.9 Å². The van der Waals surface area contributed by atoms with Crippen LogP contribution >= 0.6 is 0 Å². The molecule has 0 amide bonds.